The van der Waals surface area contributed by atoms with Crippen LogP contribution in [0.1, 0.15) is 5.56 Å². The van der Waals surface area contributed by atoms with E-state index in [0.717, 1.165) is 28.2 Å². The molecule has 0 atom stereocenters. The van der Waals surface area contributed by atoms with Gasteiger partial charge in [0.2, 0.25) is 15.0 Å². The Balaban J connectivity index is 2.11. The third-order valence-corrected chi connectivity index (χ3v) is 4.38. The van der Waals surface area contributed by atoms with Gasteiger partial charge in [0.1, 0.15) is 23.1 Å². The van der Waals surface area contributed by atoms with E-state index in [2.05, 4.69) is 9.97 Å². The summed E-state index contributed by atoms with van der Waals surface area (Å²) in [5.41, 5.74) is -0.112. The zero-order valence-electron chi connectivity index (χ0n) is 12.7. The van der Waals surface area contributed by atoms with Crippen molar-refractivity contribution in [3.63, 3.8) is 0 Å². The summed E-state index contributed by atoms with van der Waals surface area (Å²) in [6.45, 7) is -0.180. The zero-order chi connectivity index (χ0) is 17.6. The Kier molecular flexibility index (Phi) is 3.71. The van der Waals surface area contributed by atoms with Gasteiger partial charge in [0.25, 0.3) is 0 Å². The minimum atomic E-state index is -3.65. The first kappa shape index (κ1) is 16.2. The van der Waals surface area contributed by atoms with Crippen molar-refractivity contribution in [3.05, 3.63) is 41.6 Å². The molecule has 0 spiro atoms. The standard InChI is InChI=1S/C14H12F2N4O3S/c1-19-12-8(6-17-13(18-12)24(2,22)23)7-20(14(19)21)11-9(15)4-3-5-10(11)16/h3-6H,7H2,1-2H3. The summed E-state index contributed by atoms with van der Waals surface area (Å²) in [4.78, 5) is 22.0. The van der Waals surface area contributed by atoms with Gasteiger partial charge in [-0.25, -0.2) is 32.0 Å². The van der Waals surface area contributed by atoms with Crippen LogP contribution in [0.25, 0.3) is 0 Å². The van der Waals surface area contributed by atoms with Crippen LogP contribution in [0.4, 0.5) is 25.1 Å². The molecule has 0 N–H and O–H groups in total. The number of para-hydroxylation sites is 1. The van der Waals surface area contributed by atoms with Crippen molar-refractivity contribution in [2.24, 2.45) is 0 Å². The van der Waals surface area contributed by atoms with Gasteiger partial charge in [0.05, 0.1) is 6.54 Å². The van der Waals surface area contributed by atoms with Crippen LogP contribution in [0.2, 0.25) is 0 Å². The summed E-state index contributed by atoms with van der Waals surface area (Å²) in [6.07, 6.45) is 2.17. The first-order chi connectivity index (χ1) is 11.2. The van der Waals surface area contributed by atoms with Gasteiger partial charge < -0.3 is 0 Å². The van der Waals surface area contributed by atoms with Gasteiger partial charge in [0.15, 0.2) is 0 Å². The highest BCUT2D eigenvalue weighted by molar-refractivity contribution is 7.90. The fraction of sp³-hybridized carbons (Fsp3) is 0.214. The molecule has 3 rings (SSSR count). The number of carbonyl (C=O) groups excluding carboxylic acids is 1. The van der Waals surface area contributed by atoms with Crippen molar-refractivity contribution in [2.75, 3.05) is 23.1 Å². The summed E-state index contributed by atoms with van der Waals surface area (Å²) in [5.74, 6) is -1.67. The SMILES string of the molecule is CN1C(=O)N(c2c(F)cccc2F)Cc2cnc(S(C)(=O)=O)nc21. The third-order valence-electron chi connectivity index (χ3n) is 3.52. The van der Waals surface area contributed by atoms with Gasteiger partial charge in [-0.1, -0.05) is 6.07 Å². The summed E-state index contributed by atoms with van der Waals surface area (Å²) < 4.78 is 51.0. The number of hydrogen-bond donors (Lipinski definition) is 0. The smallest absolute Gasteiger partial charge is 0.284 e. The average molecular weight is 354 g/mol. The maximum Gasteiger partial charge on any atom is 0.330 e. The molecule has 0 saturated carbocycles. The monoisotopic (exact) mass is 354 g/mol. The number of anilines is 2. The summed E-state index contributed by atoms with van der Waals surface area (Å²) >= 11 is 0. The summed E-state index contributed by atoms with van der Waals surface area (Å²) in [5, 5.41) is -0.425. The lowest BCUT2D eigenvalue weighted by Crippen LogP contribution is -2.46. The predicted octanol–water partition coefficient (Wildman–Crippen LogP) is 1.73. The van der Waals surface area contributed by atoms with Crippen LogP contribution in [-0.4, -0.2) is 37.7 Å². The molecular weight excluding hydrogens is 342 g/mol. The van der Waals surface area contributed by atoms with E-state index < -0.39 is 38.3 Å². The quantitative estimate of drug-likeness (QED) is 0.767. The molecule has 2 heterocycles. The molecule has 7 nitrogen and oxygen atoms in total. The molecule has 1 aliphatic rings. The molecule has 0 bridgehead atoms. The molecule has 0 fully saturated rings. The molecule has 24 heavy (non-hydrogen) atoms. The molecule has 126 valence electrons. The molecule has 0 aliphatic carbocycles. The Bertz CT molecular complexity index is 929. The van der Waals surface area contributed by atoms with E-state index in [1.807, 2.05) is 0 Å². The second-order valence-electron chi connectivity index (χ2n) is 5.27. The minimum Gasteiger partial charge on any atom is -0.284 e. The zero-order valence-corrected chi connectivity index (χ0v) is 13.5. The molecule has 2 amide bonds. The van der Waals surface area contributed by atoms with Gasteiger partial charge in [-0.2, -0.15) is 0 Å². The largest absolute Gasteiger partial charge is 0.330 e. The number of aromatic nitrogens is 2. The Morgan fingerprint density at radius 3 is 2.42 bits per heavy atom. The van der Waals surface area contributed by atoms with Crippen LogP contribution in [0, 0.1) is 11.6 Å². The molecule has 1 aromatic carbocycles. The van der Waals surface area contributed by atoms with E-state index in [1.165, 1.54) is 19.3 Å². The van der Waals surface area contributed by atoms with Crippen molar-refractivity contribution >= 4 is 27.4 Å². The van der Waals surface area contributed by atoms with Crippen LogP contribution in [0.5, 0.6) is 0 Å². The van der Waals surface area contributed by atoms with E-state index >= 15 is 0 Å². The number of amides is 2. The molecule has 10 heteroatoms. The third kappa shape index (κ3) is 2.58. The van der Waals surface area contributed by atoms with Gasteiger partial charge in [-0.3, -0.25) is 9.80 Å². The van der Waals surface area contributed by atoms with Crippen LogP contribution >= 0.6 is 0 Å². The first-order valence-electron chi connectivity index (χ1n) is 6.75. The number of hydrogen-bond acceptors (Lipinski definition) is 5. The van der Waals surface area contributed by atoms with E-state index in [-0.39, 0.29) is 12.4 Å². The topological polar surface area (TPSA) is 83.5 Å². The first-order valence-corrected chi connectivity index (χ1v) is 8.64. The second-order valence-corrected chi connectivity index (χ2v) is 7.18. The number of halogens is 2. The summed E-state index contributed by atoms with van der Waals surface area (Å²) in [7, 11) is -2.31. The van der Waals surface area contributed by atoms with Crippen molar-refractivity contribution in [1.29, 1.82) is 0 Å². The number of benzene rings is 1. The minimum absolute atomic E-state index is 0.0865. The molecule has 0 unspecified atom stereocenters. The Morgan fingerprint density at radius 1 is 1.21 bits per heavy atom. The molecule has 2 aromatic rings. The molecule has 1 aliphatic heterocycles. The molecular formula is C14H12F2N4O3S. The van der Waals surface area contributed by atoms with Crippen LogP contribution < -0.4 is 9.80 Å². The number of nitrogens with zero attached hydrogens (tertiary/aromatic N) is 4. The van der Waals surface area contributed by atoms with Crippen LogP contribution in [-0.2, 0) is 16.4 Å². The van der Waals surface area contributed by atoms with Crippen molar-refractivity contribution in [3.8, 4) is 0 Å². The second kappa shape index (κ2) is 5.48. The van der Waals surface area contributed by atoms with Crippen molar-refractivity contribution in [1.82, 2.24) is 9.97 Å². The van der Waals surface area contributed by atoms with Gasteiger partial charge in [0, 0.05) is 25.1 Å². The maximum atomic E-state index is 14.0. The normalized spacial score (nSPS) is 14.8. The Labute approximate surface area is 136 Å². The van der Waals surface area contributed by atoms with Crippen LogP contribution in [0.15, 0.2) is 29.6 Å². The number of carbonyl (C=O) groups is 1. The summed E-state index contributed by atoms with van der Waals surface area (Å²) in [6, 6.07) is 2.56. The number of rotatable bonds is 2. The lowest BCUT2D eigenvalue weighted by Gasteiger charge is -2.34. The number of fused-ring (bicyclic) bond motifs is 1. The highest BCUT2D eigenvalue weighted by atomic mass is 32.2. The highest BCUT2D eigenvalue weighted by Gasteiger charge is 2.34. The lowest BCUT2D eigenvalue weighted by molar-refractivity contribution is 0.250. The molecule has 1 aromatic heterocycles. The van der Waals surface area contributed by atoms with Gasteiger partial charge >= 0.3 is 6.03 Å². The lowest BCUT2D eigenvalue weighted by atomic mass is 10.2. The van der Waals surface area contributed by atoms with Crippen LogP contribution in [0.3, 0.4) is 0 Å². The van der Waals surface area contributed by atoms with Crippen molar-refractivity contribution < 1.29 is 22.0 Å². The maximum absolute atomic E-state index is 14.0. The van der Waals surface area contributed by atoms with E-state index in [1.54, 1.807) is 0 Å². The van der Waals surface area contributed by atoms with E-state index in [4.69, 9.17) is 0 Å². The van der Waals surface area contributed by atoms with Crippen molar-refractivity contribution in [2.45, 2.75) is 11.7 Å². The Morgan fingerprint density at radius 2 is 1.83 bits per heavy atom. The predicted molar refractivity (Wildman–Crippen MR) is 81.5 cm³/mol. The highest BCUT2D eigenvalue weighted by Crippen LogP contribution is 2.32. The van der Waals surface area contributed by atoms with E-state index in [0.29, 0.717) is 5.56 Å². The molecule has 0 saturated heterocycles. The van der Waals surface area contributed by atoms with Gasteiger partial charge in [-0.05, 0) is 12.1 Å². The number of urea groups is 1. The van der Waals surface area contributed by atoms with E-state index in [9.17, 15) is 22.0 Å². The van der Waals surface area contributed by atoms with Gasteiger partial charge in [-0.15, -0.1) is 0 Å². The fourth-order valence-corrected chi connectivity index (χ4v) is 2.89. The fourth-order valence-electron chi connectivity index (χ4n) is 2.39. The average Bonchev–Trinajstić information content (AvgIpc) is 2.50. The molecule has 0 radical (unpaired) electrons. The Hall–Kier alpha value is -2.62. The number of sulfone groups is 1.